The highest BCUT2D eigenvalue weighted by molar-refractivity contribution is 5.90. The van der Waals surface area contributed by atoms with Crippen molar-refractivity contribution in [2.24, 2.45) is 0 Å². The van der Waals surface area contributed by atoms with Crippen LogP contribution in [-0.2, 0) is 4.79 Å². The zero-order valence-electron chi connectivity index (χ0n) is 11.5. The highest BCUT2D eigenvalue weighted by Gasteiger charge is 2.11. The van der Waals surface area contributed by atoms with Crippen molar-refractivity contribution in [2.75, 3.05) is 23.7 Å². The minimum atomic E-state index is 0.0473. The van der Waals surface area contributed by atoms with Crippen LogP contribution in [0.2, 0.25) is 0 Å². The summed E-state index contributed by atoms with van der Waals surface area (Å²) in [6.07, 6.45) is 4.34. The fraction of sp³-hybridized carbons (Fsp3) is 0.533. The molecule has 0 bridgehead atoms. The summed E-state index contributed by atoms with van der Waals surface area (Å²) in [6, 6.07) is 8.45. The molecule has 0 saturated carbocycles. The smallest absolute Gasteiger partial charge is 0.224 e. The van der Waals surface area contributed by atoms with E-state index in [9.17, 15) is 4.79 Å². The maximum atomic E-state index is 11.4. The van der Waals surface area contributed by atoms with Crippen LogP contribution in [-0.4, -0.2) is 25.0 Å². The number of carbonyl (C=O) groups is 1. The fourth-order valence-corrected chi connectivity index (χ4v) is 2.30. The van der Waals surface area contributed by atoms with Gasteiger partial charge in [0.1, 0.15) is 0 Å². The van der Waals surface area contributed by atoms with E-state index in [1.54, 1.807) is 0 Å². The van der Waals surface area contributed by atoms with Gasteiger partial charge in [0.05, 0.1) is 0 Å². The number of anilines is 2. The molecule has 1 saturated heterocycles. The van der Waals surface area contributed by atoms with Gasteiger partial charge in [-0.15, -0.1) is 0 Å². The Hall–Kier alpha value is -1.55. The molecule has 0 radical (unpaired) electrons. The standard InChI is InChI=1S/C15H23N3O/c1-2-15(19)18-13-8-5-7-12(10-13)17-11-14-6-3-4-9-16-14/h5,7-8,10,14,16-17H,2-4,6,9,11H2,1H3,(H,18,19). The lowest BCUT2D eigenvalue weighted by Crippen LogP contribution is -2.39. The van der Waals surface area contributed by atoms with E-state index >= 15 is 0 Å². The van der Waals surface area contributed by atoms with Crippen LogP contribution in [0.4, 0.5) is 11.4 Å². The van der Waals surface area contributed by atoms with Gasteiger partial charge in [-0.3, -0.25) is 4.79 Å². The van der Waals surface area contributed by atoms with Crippen LogP contribution < -0.4 is 16.0 Å². The van der Waals surface area contributed by atoms with Crippen molar-refractivity contribution in [2.45, 2.75) is 38.6 Å². The Kier molecular flexibility index (Phi) is 5.21. The number of carbonyl (C=O) groups excluding carboxylic acids is 1. The van der Waals surface area contributed by atoms with Crippen molar-refractivity contribution in [3.05, 3.63) is 24.3 Å². The largest absolute Gasteiger partial charge is 0.383 e. The highest BCUT2D eigenvalue weighted by Crippen LogP contribution is 2.16. The number of amides is 1. The normalized spacial score (nSPS) is 18.9. The molecule has 0 spiro atoms. The molecule has 1 aliphatic heterocycles. The molecule has 0 aromatic heterocycles. The molecule has 104 valence electrons. The summed E-state index contributed by atoms with van der Waals surface area (Å²) in [6.45, 7) is 3.91. The van der Waals surface area contributed by atoms with Gasteiger partial charge in [-0.1, -0.05) is 19.4 Å². The molecule has 1 aromatic carbocycles. The molecule has 1 heterocycles. The minimum absolute atomic E-state index is 0.0473. The number of rotatable bonds is 5. The van der Waals surface area contributed by atoms with Gasteiger partial charge >= 0.3 is 0 Å². The molecule has 1 atom stereocenters. The van der Waals surface area contributed by atoms with E-state index in [0.29, 0.717) is 12.5 Å². The van der Waals surface area contributed by atoms with Gasteiger partial charge in [0.15, 0.2) is 0 Å². The van der Waals surface area contributed by atoms with E-state index in [2.05, 4.69) is 16.0 Å². The summed E-state index contributed by atoms with van der Waals surface area (Å²) >= 11 is 0. The van der Waals surface area contributed by atoms with Crippen molar-refractivity contribution >= 4 is 17.3 Å². The monoisotopic (exact) mass is 261 g/mol. The zero-order valence-corrected chi connectivity index (χ0v) is 11.5. The predicted octanol–water partition coefficient (Wildman–Crippen LogP) is 2.59. The number of benzene rings is 1. The van der Waals surface area contributed by atoms with Gasteiger partial charge in [-0.2, -0.15) is 0 Å². The van der Waals surface area contributed by atoms with Crippen LogP contribution in [0, 0.1) is 0 Å². The van der Waals surface area contributed by atoms with Crippen molar-refractivity contribution in [1.82, 2.24) is 5.32 Å². The molecule has 1 aliphatic rings. The highest BCUT2D eigenvalue weighted by atomic mass is 16.1. The van der Waals surface area contributed by atoms with Crippen LogP contribution in [0.25, 0.3) is 0 Å². The summed E-state index contributed by atoms with van der Waals surface area (Å²) in [5, 5.41) is 9.82. The summed E-state index contributed by atoms with van der Waals surface area (Å²) in [5.74, 6) is 0.0473. The maximum absolute atomic E-state index is 11.4. The molecule has 1 amide bonds. The van der Waals surface area contributed by atoms with Crippen LogP contribution in [0.3, 0.4) is 0 Å². The van der Waals surface area contributed by atoms with Gasteiger partial charge in [0, 0.05) is 30.4 Å². The third kappa shape index (κ3) is 4.56. The molecule has 19 heavy (non-hydrogen) atoms. The molecule has 1 fully saturated rings. The summed E-state index contributed by atoms with van der Waals surface area (Å²) < 4.78 is 0. The lowest BCUT2D eigenvalue weighted by molar-refractivity contribution is -0.115. The number of hydrogen-bond acceptors (Lipinski definition) is 3. The second kappa shape index (κ2) is 7.14. The topological polar surface area (TPSA) is 53.2 Å². The third-order valence-electron chi connectivity index (χ3n) is 3.43. The second-order valence-electron chi connectivity index (χ2n) is 5.01. The predicted molar refractivity (Wildman–Crippen MR) is 79.5 cm³/mol. The van der Waals surface area contributed by atoms with Crippen LogP contribution in [0.5, 0.6) is 0 Å². The van der Waals surface area contributed by atoms with Crippen molar-refractivity contribution in [1.29, 1.82) is 0 Å². The average Bonchev–Trinajstić information content (AvgIpc) is 2.46. The minimum Gasteiger partial charge on any atom is -0.383 e. The van der Waals surface area contributed by atoms with Crippen molar-refractivity contribution in [3.8, 4) is 0 Å². The molecule has 1 aromatic rings. The second-order valence-corrected chi connectivity index (χ2v) is 5.01. The fourth-order valence-electron chi connectivity index (χ4n) is 2.30. The molecule has 2 rings (SSSR count). The first-order chi connectivity index (χ1) is 9.28. The SMILES string of the molecule is CCC(=O)Nc1cccc(NCC2CCCCN2)c1. The Morgan fingerprint density at radius 3 is 2.95 bits per heavy atom. The molecule has 1 unspecified atom stereocenters. The molecular formula is C15H23N3O. The molecule has 0 aliphatic carbocycles. The van der Waals surface area contributed by atoms with E-state index in [0.717, 1.165) is 24.5 Å². The van der Waals surface area contributed by atoms with E-state index in [4.69, 9.17) is 0 Å². The Morgan fingerprint density at radius 1 is 1.37 bits per heavy atom. The Labute approximate surface area is 115 Å². The zero-order chi connectivity index (χ0) is 13.5. The van der Waals surface area contributed by atoms with E-state index in [1.807, 2.05) is 31.2 Å². The first-order valence-electron chi connectivity index (χ1n) is 7.15. The Bertz CT molecular complexity index is 414. The summed E-state index contributed by atoms with van der Waals surface area (Å²) in [7, 11) is 0. The first kappa shape index (κ1) is 13.9. The first-order valence-corrected chi connectivity index (χ1v) is 7.15. The summed E-state index contributed by atoms with van der Waals surface area (Å²) in [4.78, 5) is 11.4. The van der Waals surface area contributed by atoms with Gasteiger partial charge in [0.25, 0.3) is 0 Å². The van der Waals surface area contributed by atoms with Gasteiger partial charge in [0.2, 0.25) is 5.91 Å². The van der Waals surface area contributed by atoms with Crippen molar-refractivity contribution < 1.29 is 4.79 Å². The Balaban J connectivity index is 1.85. The van der Waals surface area contributed by atoms with Gasteiger partial charge in [-0.25, -0.2) is 0 Å². The molecule has 4 heteroatoms. The Morgan fingerprint density at radius 2 is 2.21 bits per heavy atom. The quantitative estimate of drug-likeness (QED) is 0.763. The third-order valence-corrected chi connectivity index (χ3v) is 3.43. The maximum Gasteiger partial charge on any atom is 0.224 e. The molecule has 4 nitrogen and oxygen atoms in total. The van der Waals surface area contributed by atoms with Gasteiger partial charge in [-0.05, 0) is 37.6 Å². The van der Waals surface area contributed by atoms with E-state index < -0.39 is 0 Å². The number of hydrogen-bond donors (Lipinski definition) is 3. The van der Waals surface area contributed by atoms with Crippen molar-refractivity contribution in [3.63, 3.8) is 0 Å². The number of nitrogens with one attached hydrogen (secondary N) is 3. The van der Waals surface area contributed by atoms with Crippen LogP contribution in [0.1, 0.15) is 32.6 Å². The molecule has 3 N–H and O–H groups in total. The lowest BCUT2D eigenvalue weighted by atomic mass is 10.1. The summed E-state index contributed by atoms with van der Waals surface area (Å²) in [5.41, 5.74) is 1.91. The van der Waals surface area contributed by atoms with E-state index in [1.165, 1.54) is 19.3 Å². The number of piperidine rings is 1. The van der Waals surface area contributed by atoms with Crippen LogP contribution >= 0.6 is 0 Å². The van der Waals surface area contributed by atoms with Gasteiger partial charge < -0.3 is 16.0 Å². The van der Waals surface area contributed by atoms with Crippen LogP contribution in [0.15, 0.2) is 24.3 Å². The average molecular weight is 261 g/mol. The molecular weight excluding hydrogens is 238 g/mol. The lowest BCUT2D eigenvalue weighted by Gasteiger charge is -2.24. The van der Waals surface area contributed by atoms with E-state index in [-0.39, 0.29) is 5.91 Å².